The van der Waals surface area contributed by atoms with Gasteiger partial charge in [-0.05, 0) is 42.2 Å². The Morgan fingerprint density at radius 2 is 1.71 bits per heavy atom. The van der Waals surface area contributed by atoms with E-state index in [1.54, 1.807) is 16.8 Å². The Balaban J connectivity index is 1.12. The van der Waals surface area contributed by atoms with Gasteiger partial charge < -0.3 is 21.5 Å². The summed E-state index contributed by atoms with van der Waals surface area (Å²) in [5.74, 6) is 2.22. The van der Waals surface area contributed by atoms with E-state index in [1.165, 1.54) is 11.8 Å². The maximum absolute atomic E-state index is 6.37. The Kier molecular flexibility index (Phi) is 7.60. The van der Waals surface area contributed by atoms with Gasteiger partial charge in [0.25, 0.3) is 5.78 Å². The predicted molar refractivity (Wildman–Crippen MR) is 166 cm³/mol. The molecule has 0 aliphatic heterocycles. The number of ether oxygens (including phenoxy) is 1. The molecule has 6 aromatic rings. The first-order valence-corrected chi connectivity index (χ1v) is 14.2. The van der Waals surface area contributed by atoms with Crippen LogP contribution in [0.5, 0.6) is 5.75 Å². The Labute approximate surface area is 245 Å². The average Bonchev–Trinajstić information content (AvgIpc) is 3.47. The Bertz CT molecular complexity index is 1860. The van der Waals surface area contributed by atoms with Crippen LogP contribution in [0.25, 0.3) is 28.2 Å². The lowest BCUT2D eigenvalue weighted by Crippen LogP contribution is -2.23. The number of fused-ring (bicyclic) bond motifs is 1. The van der Waals surface area contributed by atoms with Crippen molar-refractivity contribution in [2.75, 3.05) is 17.3 Å². The predicted octanol–water partition coefficient (Wildman–Crippen LogP) is 5.19. The van der Waals surface area contributed by atoms with Crippen LogP contribution in [0.15, 0.2) is 107 Å². The second kappa shape index (κ2) is 11.9. The minimum Gasteiger partial charge on any atom is -0.489 e. The fourth-order valence-electron chi connectivity index (χ4n) is 4.24. The molecular weight excluding hydrogens is 548 g/mol. The zero-order valence-electron chi connectivity index (χ0n) is 22.5. The lowest BCUT2D eigenvalue weighted by molar-refractivity contribution is 0.307. The van der Waals surface area contributed by atoms with Crippen LogP contribution in [0, 0.1) is 0 Å². The molecule has 0 atom stereocenters. The number of hydrogen-bond acceptors (Lipinski definition) is 9. The molecule has 0 saturated heterocycles. The SMILES string of the molecule is CSc1nc2ncc(-c3ccc(OCc4ccccc4NC(N)=Nc4ccc(-c5ccccc5)nn4)cc3)c(N)n2n1. The highest BCUT2D eigenvalue weighted by molar-refractivity contribution is 7.98. The highest BCUT2D eigenvalue weighted by atomic mass is 32.2. The number of guanidine groups is 1. The third-order valence-corrected chi connectivity index (χ3v) is 6.90. The first-order chi connectivity index (χ1) is 20.6. The summed E-state index contributed by atoms with van der Waals surface area (Å²) in [6.45, 7) is 0.313. The fraction of sp³-hybridized carbons (Fsp3) is 0.0667. The van der Waals surface area contributed by atoms with Gasteiger partial charge in [0.05, 0.1) is 5.69 Å². The van der Waals surface area contributed by atoms with Crippen LogP contribution in [-0.2, 0) is 6.61 Å². The van der Waals surface area contributed by atoms with E-state index in [1.807, 2.05) is 91.2 Å². The number of anilines is 2. The van der Waals surface area contributed by atoms with Crippen molar-refractivity contribution in [3.63, 3.8) is 0 Å². The molecule has 3 aromatic heterocycles. The van der Waals surface area contributed by atoms with Crippen LogP contribution in [0.2, 0.25) is 0 Å². The number of hydrogen-bond donors (Lipinski definition) is 3. The Morgan fingerprint density at radius 1 is 0.929 bits per heavy atom. The quantitative estimate of drug-likeness (QED) is 0.126. The summed E-state index contributed by atoms with van der Waals surface area (Å²) in [6, 6.07) is 28.8. The average molecular weight is 575 g/mol. The number of aromatic nitrogens is 6. The molecule has 11 nitrogen and oxygen atoms in total. The van der Waals surface area contributed by atoms with Gasteiger partial charge in [-0.1, -0.05) is 72.4 Å². The topological polar surface area (TPSA) is 155 Å². The third kappa shape index (κ3) is 5.83. The zero-order valence-corrected chi connectivity index (χ0v) is 23.4. The Hall–Kier alpha value is -5.49. The second-order valence-corrected chi connectivity index (χ2v) is 9.88. The van der Waals surface area contributed by atoms with Crippen molar-refractivity contribution in [1.29, 1.82) is 0 Å². The number of nitrogens with two attached hydrogens (primary N) is 2. The summed E-state index contributed by atoms with van der Waals surface area (Å²) < 4.78 is 7.63. The number of para-hydroxylation sites is 1. The highest BCUT2D eigenvalue weighted by Gasteiger charge is 2.12. The number of nitrogen functional groups attached to an aromatic ring is 1. The van der Waals surface area contributed by atoms with Gasteiger partial charge in [-0.15, -0.1) is 15.3 Å². The standard InChI is InChI=1S/C30H26N10OS/c1-42-30-36-29-33-17-23(27(31)40(29)39-30)19-11-13-22(14-12-19)41-18-21-9-5-6-10-24(21)34-28(32)35-26-16-15-25(37-38-26)20-7-3-2-4-8-20/h2-17H,18,31H2,1H3,(H3,32,34,35,38). The second-order valence-electron chi connectivity index (χ2n) is 9.10. The molecule has 42 heavy (non-hydrogen) atoms. The van der Waals surface area contributed by atoms with E-state index in [0.29, 0.717) is 34.9 Å². The minimum atomic E-state index is 0.189. The number of rotatable bonds is 8. The van der Waals surface area contributed by atoms with Crippen LogP contribution in [0.1, 0.15) is 5.56 Å². The van der Waals surface area contributed by atoms with Crippen LogP contribution < -0.4 is 21.5 Å². The van der Waals surface area contributed by atoms with Gasteiger partial charge in [0, 0.05) is 28.6 Å². The van der Waals surface area contributed by atoms with E-state index in [9.17, 15) is 0 Å². The smallest absolute Gasteiger partial charge is 0.255 e. The van der Waals surface area contributed by atoms with Gasteiger partial charge >= 0.3 is 0 Å². The lowest BCUT2D eigenvalue weighted by atomic mass is 10.1. The fourth-order valence-corrected chi connectivity index (χ4v) is 4.58. The summed E-state index contributed by atoms with van der Waals surface area (Å²) >= 11 is 1.44. The van der Waals surface area contributed by atoms with Crippen LogP contribution in [0.3, 0.4) is 0 Å². The number of nitrogens with one attached hydrogen (secondary N) is 1. The molecule has 3 aromatic carbocycles. The van der Waals surface area contributed by atoms with E-state index >= 15 is 0 Å². The molecule has 0 bridgehead atoms. The Morgan fingerprint density at radius 3 is 2.48 bits per heavy atom. The van der Waals surface area contributed by atoms with Crippen LogP contribution >= 0.6 is 11.8 Å². The maximum atomic E-state index is 6.37. The normalized spacial score (nSPS) is 11.5. The van der Waals surface area contributed by atoms with Gasteiger partial charge in [0.2, 0.25) is 5.16 Å². The molecule has 0 aliphatic carbocycles. The summed E-state index contributed by atoms with van der Waals surface area (Å²) in [4.78, 5) is 13.1. The van der Waals surface area contributed by atoms with Crippen molar-refractivity contribution in [1.82, 2.24) is 29.8 Å². The van der Waals surface area contributed by atoms with Crippen molar-refractivity contribution in [2.45, 2.75) is 11.8 Å². The summed E-state index contributed by atoms with van der Waals surface area (Å²) in [6.07, 6.45) is 3.61. The molecule has 6 rings (SSSR count). The number of thioether (sulfide) groups is 1. The third-order valence-electron chi connectivity index (χ3n) is 6.36. The van der Waals surface area contributed by atoms with Gasteiger partial charge in [0.15, 0.2) is 11.8 Å². The minimum absolute atomic E-state index is 0.189. The first kappa shape index (κ1) is 26.7. The summed E-state index contributed by atoms with van der Waals surface area (Å²) in [7, 11) is 0. The molecule has 0 spiro atoms. The van der Waals surface area contributed by atoms with E-state index in [4.69, 9.17) is 16.2 Å². The largest absolute Gasteiger partial charge is 0.489 e. The molecule has 0 amide bonds. The van der Waals surface area contributed by atoms with Crippen molar-refractivity contribution in [3.05, 3.63) is 103 Å². The van der Waals surface area contributed by atoms with Gasteiger partial charge in [-0.3, -0.25) is 0 Å². The van der Waals surface area contributed by atoms with Gasteiger partial charge in [-0.2, -0.15) is 14.5 Å². The lowest BCUT2D eigenvalue weighted by Gasteiger charge is -2.13. The van der Waals surface area contributed by atoms with Crippen molar-refractivity contribution < 1.29 is 4.74 Å². The summed E-state index contributed by atoms with van der Waals surface area (Å²) in [5.41, 5.74) is 17.6. The molecule has 5 N–H and O–H groups in total. The monoisotopic (exact) mass is 574 g/mol. The van der Waals surface area contributed by atoms with Crippen molar-refractivity contribution in [2.24, 2.45) is 10.7 Å². The molecule has 208 valence electrons. The molecule has 12 heteroatoms. The van der Waals surface area contributed by atoms with Crippen molar-refractivity contribution in [3.8, 4) is 28.1 Å². The maximum Gasteiger partial charge on any atom is 0.255 e. The molecule has 3 heterocycles. The molecule has 0 saturated carbocycles. The summed E-state index contributed by atoms with van der Waals surface area (Å²) in [5, 5.41) is 16.6. The van der Waals surface area contributed by atoms with E-state index in [2.05, 4.69) is 35.6 Å². The molecular formula is C30H26N10OS. The molecule has 0 aliphatic rings. The van der Waals surface area contributed by atoms with E-state index in [0.717, 1.165) is 33.6 Å². The molecule has 0 radical (unpaired) electrons. The molecule has 0 unspecified atom stereocenters. The van der Waals surface area contributed by atoms with Gasteiger partial charge in [0.1, 0.15) is 18.2 Å². The van der Waals surface area contributed by atoms with E-state index < -0.39 is 0 Å². The molecule has 0 fully saturated rings. The number of benzene rings is 3. The first-order valence-electron chi connectivity index (χ1n) is 12.9. The van der Waals surface area contributed by atoms with Crippen LogP contribution in [-0.4, -0.2) is 42.0 Å². The number of aliphatic imine (C=N–C) groups is 1. The zero-order chi connectivity index (χ0) is 28.9. The van der Waals surface area contributed by atoms with Crippen LogP contribution in [0.4, 0.5) is 17.3 Å². The highest BCUT2D eigenvalue weighted by Crippen LogP contribution is 2.28. The van der Waals surface area contributed by atoms with Crippen molar-refractivity contribution >= 4 is 40.8 Å². The van der Waals surface area contributed by atoms with Gasteiger partial charge in [-0.25, -0.2) is 4.98 Å². The van der Waals surface area contributed by atoms with E-state index in [-0.39, 0.29) is 5.96 Å². The number of nitrogens with zero attached hydrogens (tertiary/aromatic N) is 7.